The molecule has 4 aromatic rings. The van der Waals surface area contributed by atoms with E-state index in [-0.39, 0.29) is 0 Å². The van der Waals surface area contributed by atoms with Gasteiger partial charge in [0.2, 0.25) is 0 Å². The van der Waals surface area contributed by atoms with Gasteiger partial charge in [0, 0.05) is 0 Å². The van der Waals surface area contributed by atoms with E-state index in [0.717, 1.165) is 23.9 Å². The zero-order chi connectivity index (χ0) is 17.6. The topological polar surface area (TPSA) is 25.8 Å². The molecule has 0 fully saturated rings. The maximum Gasteiger partial charge on any atom is 0.0938 e. The number of benzene rings is 2. The third kappa shape index (κ3) is 4.49. The largest absolute Gasteiger partial charge is 0.241 e. The minimum Gasteiger partial charge on any atom is -0.241 e. The van der Waals surface area contributed by atoms with Gasteiger partial charge in [0.25, 0.3) is 0 Å². The Morgan fingerprint density at radius 1 is 0.538 bits per heavy atom. The lowest BCUT2D eigenvalue weighted by atomic mass is 10.1. The van der Waals surface area contributed by atoms with E-state index in [0.29, 0.717) is 0 Å². The summed E-state index contributed by atoms with van der Waals surface area (Å²) in [7, 11) is 0. The molecule has 2 aromatic carbocycles. The van der Waals surface area contributed by atoms with Crippen LogP contribution in [0.15, 0.2) is 48.5 Å². The molecule has 0 saturated heterocycles. The van der Waals surface area contributed by atoms with Crippen molar-refractivity contribution in [3.05, 3.63) is 58.5 Å². The molecule has 0 aliphatic rings. The molecule has 0 unspecified atom stereocenters. The number of thiazole rings is 2. The van der Waals surface area contributed by atoms with Crippen LogP contribution in [0.3, 0.4) is 0 Å². The number of para-hydroxylation sites is 2. The summed E-state index contributed by atoms with van der Waals surface area (Å²) in [6.45, 7) is 0. The van der Waals surface area contributed by atoms with Gasteiger partial charge in [-0.15, -0.1) is 22.7 Å². The predicted molar refractivity (Wildman–Crippen MR) is 114 cm³/mol. The molecule has 2 heterocycles. The van der Waals surface area contributed by atoms with Gasteiger partial charge in [0.1, 0.15) is 0 Å². The molecule has 0 bridgehead atoms. The molecule has 0 aliphatic heterocycles. The van der Waals surface area contributed by atoms with Crippen LogP contribution >= 0.6 is 22.7 Å². The van der Waals surface area contributed by atoms with Crippen LogP contribution in [0, 0.1) is 0 Å². The quantitative estimate of drug-likeness (QED) is 0.291. The summed E-state index contributed by atoms with van der Waals surface area (Å²) in [5, 5.41) is 2.59. The molecule has 0 aliphatic carbocycles. The molecule has 0 radical (unpaired) electrons. The van der Waals surface area contributed by atoms with Crippen molar-refractivity contribution in [3.63, 3.8) is 0 Å². The molecular formula is C22H24N2S2. The fourth-order valence-electron chi connectivity index (χ4n) is 3.31. The van der Waals surface area contributed by atoms with Gasteiger partial charge in [0.15, 0.2) is 0 Å². The van der Waals surface area contributed by atoms with Crippen molar-refractivity contribution in [1.82, 2.24) is 9.97 Å². The molecule has 0 saturated carbocycles. The number of rotatable bonds is 9. The van der Waals surface area contributed by atoms with Crippen molar-refractivity contribution >= 4 is 43.1 Å². The molecular weight excluding hydrogens is 356 g/mol. The summed E-state index contributed by atoms with van der Waals surface area (Å²) < 4.78 is 2.63. The summed E-state index contributed by atoms with van der Waals surface area (Å²) in [4.78, 5) is 9.45. The minimum atomic E-state index is 1.13. The second kappa shape index (κ2) is 8.74. The van der Waals surface area contributed by atoms with Crippen LogP contribution in [0.4, 0.5) is 0 Å². The lowest BCUT2D eigenvalue weighted by Crippen LogP contribution is -1.87. The molecule has 4 rings (SSSR count). The minimum absolute atomic E-state index is 1.13. The Balaban J connectivity index is 1.10. The number of aromatic nitrogens is 2. The van der Waals surface area contributed by atoms with Gasteiger partial charge in [0.05, 0.1) is 30.4 Å². The van der Waals surface area contributed by atoms with E-state index in [1.165, 1.54) is 57.9 Å². The van der Waals surface area contributed by atoms with Crippen molar-refractivity contribution in [2.24, 2.45) is 0 Å². The zero-order valence-corrected chi connectivity index (χ0v) is 16.6. The van der Waals surface area contributed by atoms with Crippen molar-refractivity contribution in [2.45, 2.75) is 51.4 Å². The van der Waals surface area contributed by atoms with Gasteiger partial charge >= 0.3 is 0 Å². The van der Waals surface area contributed by atoms with E-state index >= 15 is 0 Å². The lowest BCUT2D eigenvalue weighted by molar-refractivity contribution is 0.593. The van der Waals surface area contributed by atoms with Gasteiger partial charge in [-0.3, -0.25) is 0 Å². The number of fused-ring (bicyclic) bond motifs is 2. The highest BCUT2D eigenvalue weighted by molar-refractivity contribution is 7.18. The fourth-order valence-corrected chi connectivity index (χ4v) is 5.33. The number of hydrogen-bond acceptors (Lipinski definition) is 4. The first-order valence-corrected chi connectivity index (χ1v) is 11.2. The highest BCUT2D eigenvalue weighted by Gasteiger charge is 2.04. The highest BCUT2D eigenvalue weighted by Crippen LogP contribution is 2.24. The summed E-state index contributed by atoms with van der Waals surface area (Å²) in [5.74, 6) is 0. The van der Waals surface area contributed by atoms with Crippen LogP contribution in [0.2, 0.25) is 0 Å². The zero-order valence-electron chi connectivity index (χ0n) is 15.0. The van der Waals surface area contributed by atoms with Crippen molar-refractivity contribution in [2.75, 3.05) is 0 Å². The van der Waals surface area contributed by atoms with Crippen molar-refractivity contribution in [1.29, 1.82) is 0 Å². The van der Waals surface area contributed by atoms with Gasteiger partial charge in [-0.2, -0.15) is 0 Å². The molecule has 0 spiro atoms. The van der Waals surface area contributed by atoms with E-state index in [1.807, 2.05) is 22.7 Å². The second-order valence-electron chi connectivity index (χ2n) is 6.77. The Morgan fingerprint density at radius 3 is 1.42 bits per heavy atom. The Morgan fingerprint density at radius 2 is 0.962 bits per heavy atom. The van der Waals surface area contributed by atoms with Crippen molar-refractivity contribution in [3.8, 4) is 0 Å². The lowest BCUT2D eigenvalue weighted by Gasteiger charge is -2.00. The summed E-state index contributed by atoms with van der Waals surface area (Å²) in [6.07, 6.45) is 10.1. The Hall–Kier alpha value is -1.78. The predicted octanol–water partition coefficient (Wildman–Crippen LogP) is 7.03. The monoisotopic (exact) mass is 380 g/mol. The SMILES string of the molecule is c1ccc2sc(CCCCCCCCc3nc4ccccc4s3)nc2c1. The van der Waals surface area contributed by atoms with E-state index < -0.39 is 0 Å². The van der Waals surface area contributed by atoms with Crippen LogP contribution in [-0.4, -0.2) is 9.97 Å². The third-order valence-corrected chi connectivity index (χ3v) is 6.90. The van der Waals surface area contributed by atoms with Crippen LogP contribution in [0.1, 0.15) is 48.5 Å². The van der Waals surface area contributed by atoms with Gasteiger partial charge in [-0.25, -0.2) is 9.97 Å². The molecule has 134 valence electrons. The average molecular weight is 381 g/mol. The molecule has 0 atom stereocenters. The molecule has 2 nitrogen and oxygen atoms in total. The van der Waals surface area contributed by atoms with Gasteiger partial charge in [-0.1, -0.05) is 49.9 Å². The van der Waals surface area contributed by atoms with Crippen LogP contribution < -0.4 is 0 Å². The van der Waals surface area contributed by atoms with Gasteiger partial charge in [-0.05, 0) is 49.9 Å². The van der Waals surface area contributed by atoms with Crippen LogP contribution in [0.25, 0.3) is 20.4 Å². The van der Waals surface area contributed by atoms with Crippen LogP contribution in [-0.2, 0) is 12.8 Å². The van der Waals surface area contributed by atoms with Gasteiger partial charge < -0.3 is 0 Å². The first-order valence-electron chi connectivity index (χ1n) is 9.57. The maximum atomic E-state index is 4.72. The summed E-state index contributed by atoms with van der Waals surface area (Å²) >= 11 is 3.70. The summed E-state index contributed by atoms with van der Waals surface area (Å²) in [5.41, 5.74) is 2.31. The summed E-state index contributed by atoms with van der Waals surface area (Å²) in [6, 6.07) is 16.9. The number of hydrogen-bond donors (Lipinski definition) is 0. The number of unbranched alkanes of at least 4 members (excludes halogenated alkanes) is 5. The number of aryl methyl sites for hydroxylation is 2. The van der Waals surface area contributed by atoms with Crippen molar-refractivity contribution < 1.29 is 0 Å². The Bertz CT molecular complexity index is 824. The highest BCUT2D eigenvalue weighted by atomic mass is 32.1. The first kappa shape index (κ1) is 17.6. The van der Waals surface area contributed by atoms with E-state index in [1.54, 1.807) is 0 Å². The average Bonchev–Trinajstić information content (AvgIpc) is 3.26. The molecule has 26 heavy (non-hydrogen) atoms. The maximum absolute atomic E-state index is 4.72. The van der Waals surface area contributed by atoms with E-state index in [2.05, 4.69) is 48.5 Å². The third-order valence-electron chi connectivity index (χ3n) is 4.71. The normalized spacial score (nSPS) is 11.5. The van der Waals surface area contributed by atoms with Crippen LogP contribution in [0.5, 0.6) is 0 Å². The Labute approximate surface area is 162 Å². The smallest absolute Gasteiger partial charge is 0.0938 e. The fraction of sp³-hybridized carbons (Fsp3) is 0.364. The molecule has 4 heteroatoms. The first-order chi connectivity index (χ1) is 12.9. The standard InChI is InChI=1S/C22H24N2S2/c1(3-5-15-21-23-17-11-7-9-13-19(17)25-21)2-4-6-16-22-24-18-12-8-10-14-20(18)26-22/h7-14H,1-6,15-16H2. The Kier molecular flexibility index (Phi) is 5.92. The number of nitrogens with zero attached hydrogens (tertiary/aromatic N) is 2. The molecule has 0 N–H and O–H groups in total. The molecule has 2 aromatic heterocycles. The van der Waals surface area contributed by atoms with E-state index in [9.17, 15) is 0 Å². The second-order valence-corrected chi connectivity index (χ2v) is 9.00. The van der Waals surface area contributed by atoms with E-state index in [4.69, 9.17) is 9.97 Å². The molecule has 0 amide bonds.